The second-order valence-corrected chi connectivity index (χ2v) is 13.1. The number of sulfonamides is 2. The highest BCUT2D eigenvalue weighted by atomic mass is 32.3. The van der Waals surface area contributed by atoms with Crippen LogP contribution in [0.2, 0.25) is 0 Å². The topological polar surface area (TPSA) is 136 Å². The van der Waals surface area contributed by atoms with Crippen molar-refractivity contribution in [2.45, 2.75) is 23.9 Å². The summed E-state index contributed by atoms with van der Waals surface area (Å²) in [6.07, 6.45) is 3.23. The first-order chi connectivity index (χ1) is 14.4. The van der Waals surface area contributed by atoms with Gasteiger partial charge < -0.3 is 9.64 Å². The molecule has 1 unspecified atom stereocenters. The number of fused-ring (bicyclic) bond motifs is 3. The first-order valence-corrected chi connectivity index (χ1v) is 14.6. The molecule has 0 aliphatic carbocycles. The SMILES string of the molecule is CS(=O)(=O)N(c1cccc(Oc2ccc3c(c2)S(O)(O)NC2CCCN32)c1)S(C)(=O)=O. The Hall–Kier alpha value is -2.03. The molecule has 0 spiro atoms. The van der Waals surface area contributed by atoms with Gasteiger partial charge in [-0.3, -0.25) is 9.11 Å². The van der Waals surface area contributed by atoms with Crippen LogP contribution in [0.4, 0.5) is 11.4 Å². The summed E-state index contributed by atoms with van der Waals surface area (Å²) in [7, 11) is -11.4. The Morgan fingerprint density at radius 1 is 1.06 bits per heavy atom. The highest BCUT2D eigenvalue weighted by Crippen LogP contribution is 2.55. The Kier molecular flexibility index (Phi) is 5.39. The maximum atomic E-state index is 12.0. The third kappa shape index (κ3) is 4.33. The molecular formula is C18H23N3O7S3. The molecule has 13 heteroatoms. The zero-order valence-corrected chi connectivity index (χ0v) is 19.2. The molecule has 31 heavy (non-hydrogen) atoms. The lowest BCUT2D eigenvalue weighted by Crippen LogP contribution is -2.46. The maximum absolute atomic E-state index is 12.0. The second-order valence-electron chi connectivity index (χ2n) is 7.47. The largest absolute Gasteiger partial charge is 0.457 e. The van der Waals surface area contributed by atoms with Crippen LogP contribution in [0.15, 0.2) is 47.4 Å². The average molecular weight is 490 g/mol. The van der Waals surface area contributed by atoms with Crippen LogP contribution in [0.5, 0.6) is 11.5 Å². The van der Waals surface area contributed by atoms with E-state index in [9.17, 15) is 25.9 Å². The van der Waals surface area contributed by atoms with E-state index in [2.05, 4.69) is 9.62 Å². The van der Waals surface area contributed by atoms with E-state index in [0.717, 1.165) is 37.6 Å². The van der Waals surface area contributed by atoms with E-state index in [-0.39, 0.29) is 17.6 Å². The Bertz CT molecular complexity index is 1200. The summed E-state index contributed by atoms with van der Waals surface area (Å²) < 4.78 is 78.2. The molecule has 0 amide bonds. The maximum Gasteiger partial charge on any atom is 0.245 e. The zero-order chi connectivity index (χ0) is 22.6. The molecule has 0 aromatic heterocycles. The van der Waals surface area contributed by atoms with Gasteiger partial charge in [0.15, 0.2) is 0 Å². The summed E-state index contributed by atoms with van der Waals surface area (Å²) in [6, 6.07) is 10.6. The van der Waals surface area contributed by atoms with Crippen LogP contribution in [0.25, 0.3) is 0 Å². The van der Waals surface area contributed by atoms with Crippen molar-refractivity contribution >= 4 is 42.2 Å². The van der Waals surface area contributed by atoms with Crippen molar-refractivity contribution in [3.8, 4) is 11.5 Å². The molecule has 2 aliphatic rings. The van der Waals surface area contributed by atoms with Gasteiger partial charge in [-0.15, -0.1) is 10.8 Å². The van der Waals surface area contributed by atoms with Gasteiger partial charge in [0.1, 0.15) is 16.4 Å². The molecule has 1 saturated heterocycles. The summed E-state index contributed by atoms with van der Waals surface area (Å²) in [5.74, 6) is 0.481. The van der Waals surface area contributed by atoms with Crippen LogP contribution in [0.1, 0.15) is 12.8 Å². The van der Waals surface area contributed by atoms with Crippen LogP contribution in [-0.4, -0.2) is 51.2 Å². The van der Waals surface area contributed by atoms with Gasteiger partial charge in [0.25, 0.3) is 0 Å². The fourth-order valence-corrected chi connectivity index (χ4v) is 8.35. The van der Waals surface area contributed by atoms with E-state index in [1.807, 2.05) is 0 Å². The molecule has 0 radical (unpaired) electrons. The standard InChI is InChI=1S/C18H23N3O7S3/c1-29(22,23)21(30(2,24)25)13-5-3-6-14(11-13)28-15-8-9-16-17(12-15)31(26,27)19-18-7-4-10-20(16)18/h3,5-6,8-9,11-12,18-19,26-27H,4,7,10H2,1-2H3. The Labute approximate surface area is 183 Å². The predicted molar refractivity (Wildman–Crippen MR) is 120 cm³/mol. The summed E-state index contributed by atoms with van der Waals surface area (Å²) in [6.45, 7) is 0.801. The van der Waals surface area contributed by atoms with E-state index >= 15 is 0 Å². The molecule has 3 N–H and O–H groups in total. The highest BCUT2D eigenvalue weighted by Gasteiger charge is 2.38. The smallest absolute Gasteiger partial charge is 0.245 e. The molecule has 4 rings (SSSR count). The van der Waals surface area contributed by atoms with Crippen LogP contribution in [0, 0.1) is 0 Å². The lowest BCUT2D eigenvalue weighted by molar-refractivity contribution is 0.440. The quantitative estimate of drug-likeness (QED) is 0.579. The van der Waals surface area contributed by atoms with Crippen molar-refractivity contribution in [2.24, 2.45) is 0 Å². The number of nitrogens with zero attached hydrogens (tertiary/aromatic N) is 2. The molecule has 2 aromatic rings. The number of rotatable bonds is 5. The van der Waals surface area contributed by atoms with Crippen molar-refractivity contribution in [3.63, 3.8) is 0 Å². The van der Waals surface area contributed by atoms with Gasteiger partial charge in [-0.2, -0.15) is 8.43 Å². The number of anilines is 2. The normalized spacial score (nSPS) is 21.2. The van der Waals surface area contributed by atoms with Gasteiger partial charge in [0.05, 0.1) is 30.1 Å². The molecule has 0 saturated carbocycles. The molecule has 1 atom stereocenters. The Morgan fingerprint density at radius 2 is 1.74 bits per heavy atom. The summed E-state index contributed by atoms with van der Waals surface area (Å²) >= 11 is 0. The predicted octanol–water partition coefficient (Wildman–Crippen LogP) is 2.76. The molecular weight excluding hydrogens is 466 g/mol. The van der Waals surface area contributed by atoms with E-state index in [1.165, 1.54) is 24.3 Å². The highest BCUT2D eigenvalue weighted by molar-refractivity contribution is 8.22. The molecule has 10 nitrogen and oxygen atoms in total. The van der Waals surface area contributed by atoms with Crippen molar-refractivity contribution in [3.05, 3.63) is 42.5 Å². The average Bonchev–Trinajstić information content (AvgIpc) is 3.07. The minimum Gasteiger partial charge on any atom is -0.457 e. The molecule has 1 fully saturated rings. The fourth-order valence-electron chi connectivity index (χ4n) is 3.88. The Balaban J connectivity index is 1.68. The van der Waals surface area contributed by atoms with Crippen LogP contribution >= 0.6 is 10.8 Å². The van der Waals surface area contributed by atoms with Gasteiger partial charge >= 0.3 is 0 Å². The van der Waals surface area contributed by atoms with Crippen molar-refractivity contribution in [1.29, 1.82) is 0 Å². The van der Waals surface area contributed by atoms with Gasteiger partial charge in [0.2, 0.25) is 20.0 Å². The van der Waals surface area contributed by atoms with Gasteiger partial charge in [0, 0.05) is 18.7 Å². The van der Waals surface area contributed by atoms with Gasteiger partial charge in [-0.25, -0.2) is 16.8 Å². The van der Waals surface area contributed by atoms with Crippen LogP contribution < -0.4 is 18.1 Å². The zero-order valence-electron chi connectivity index (χ0n) is 16.8. The van der Waals surface area contributed by atoms with Crippen molar-refractivity contribution in [1.82, 2.24) is 4.72 Å². The van der Waals surface area contributed by atoms with E-state index < -0.39 is 30.8 Å². The summed E-state index contributed by atoms with van der Waals surface area (Å²) in [4.78, 5) is 2.39. The van der Waals surface area contributed by atoms with Crippen molar-refractivity contribution in [2.75, 3.05) is 27.7 Å². The lowest BCUT2D eigenvalue weighted by Gasteiger charge is -2.46. The monoisotopic (exact) mass is 489 g/mol. The molecule has 170 valence electrons. The van der Waals surface area contributed by atoms with Gasteiger partial charge in [-0.05, 0) is 37.1 Å². The third-order valence-corrected chi connectivity index (χ3v) is 9.76. The van der Waals surface area contributed by atoms with E-state index in [4.69, 9.17) is 4.74 Å². The first kappa shape index (κ1) is 22.2. The van der Waals surface area contributed by atoms with E-state index in [1.54, 1.807) is 18.2 Å². The minimum absolute atomic E-state index is 0.0914. The number of hydrogen-bond donors (Lipinski definition) is 3. The fraction of sp³-hybridized carbons (Fsp3) is 0.333. The third-order valence-electron chi connectivity index (χ3n) is 4.97. The summed E-state index contributed by atoms with van der Waals surface area (Å²) in [5, 5.41) is 0. The van der Waals surface area contributed by atoms with Gasteiger partial charge in [-0.1, -0.05) is 6.07 Å². The minimum atomic E-state index is -4.09. The first-order valence-electron chi connectivity index (χ1n) is 9.31. The van der Waals surface area contributed by atoms with Crippen LogP contribution in [-0.2, 0) is 20.0 Å². The second kappa shape index (κ2) is 7.53. The number of benzene rings is 2. The number of hydrogen-bond acceptors (Lipinski definition) is 9. The Morgan fingerprint density at radius 3 is 2.42 bits per heavy atom. The van der Waals surface area contributed by atoms with Crippen molar-refractivity contribution < 1.29 is 30.7 Å². The summed E-state index contributed by atoms with van der Waals surface area (Å²) in [5.41, 5.74) is 0.633. The molecule has 0 bridgehead atoms. The van der Waals surface area contributed by atoms with Crippen LogP contribution in [0.3, 0.4) is 0 Å². The number of ether oxygens (including phenoxy) is 1. The molecule has 2 heterocycles. The number of nitrogens with one attached hydrogen (secondary N) is 1. The van der Waals surface area contributed by atoms with E-state index in [0.29, 0.717) is 14.4 Å². The molecule has 2 aromatic carbocycles. The lowest BCUT2D eigenvalue weighted by atomic mass is 10.2. The molecule has 2 aliphatic heterocycles.